The topological polar surface area (TPSA) is 27.7 Å². The first-order valence-corrected chi connectivity index (χ1v) is 16.0. The average Bonchev–Trinajstić information content (AvgIpc) is 2.99. The molecule has 0 aromatic heterocycles. The summed E-state index contributed by atoms with van der Waals surface area (Å²) in [5, 5.41) is 0. The molecule has 0 heterocycles. The van der Waals surface area contributed by atoms with Crippen molar-refractivity contribution in [1.29, 1.82) is 0 Å². The van der Waals surface area contributed by atoms with Gasteiger partial charge in [0, 0.05) is 6.61 Å². The standard InChI is InChI=1S/C35H48F2O3/c1-3-5-24-6-10-27(11-7-24)28-14-16-31(17-15-28)39-22-25-8-12-30-21-26(9-13-29(30)20-25)23-40-33-19-18-32(38-4-2)34(36)35(33)37/h6-7,10-11,18-19,25-26,28-31H,3-5,8-9,12-17,20-23H2,1-2H3. The van der Waals surface area contributed by atoms with Crippen molar-refractivity contribution >= 4 is 0 Å². The molecule has 0 N–H and O–H groups in total. The van der Waals surface area contributed by atoms with Gasteiger partial charge in [-0.2, -0.15) is 8.78 Å². The molecule has 3 aliphatic rings. The molecule has 5 heteroatoms. The minimum Gasteiger partial charge on any atom is -0.491 e. The van der Waals surface area contributed by atoms with Crippen LogP contribution < -0.4 is 9.47 Å². The lowest BCUT2D eigenvalue weighted by atomic mass is 9.65. The quantitative estimate of drug-likeness (QED) is 0.277. The maximum Gasteiger partial charge on any atom is 0.204 e. The van der Waals surface area contributed by atoms with Gasteiger partial charge in [0.25, 0.3) is 0 Å². The molecule has 2 aromatic rings. The van der Waals surface area contributed by atoms with Gasteiger partial charge in [-0.1, -0.05) is 37.6 Å². The second-order valence-corrected chi connectivity index (χ2v) is 12.6. The molecule has 0 saturated heterocycles. The van der Waals surface area contributed by atoms with Crippen LogP contribution in [0, 0.1) is 35.3 Å². The predicted octanol–water partition coefficient (Wildman–Crippen LogP) is 9.27. The molecule has 0 spiro atoms. The van der Waals surface area contributed by atoms with E-state index in [4.69, 9.17) is 14.2 Å². The fourth-order valence-corrected chi connectivity index (χ4v) is 7.57. The smallest absolute Gasteiger partial charge is 0.204 e. The molecular formula is C35H48F2O3. The maximum absolute atomic E-state index is 14.4. The molecule has 2 aromatic carbocycles. The van der Waals surface area contributed by atoms with Gasteiger partial charge in [-0.25, -0.2) is 0 Å². The van der Waals surface area contributed by atoms with Crippen LogP contribution in [0.25, 0.3) is 0 Å². The number of ether oxygens (including phenoxy) is 3. The number of hydrogen-bond acceptors (Lipinski definition) is 3. The largest absolute Gasteiger partial charge is 0.491 e. The van der Waals surface area contributed by atoms with Gasteiger partial charge >= 0.3 is 0 Å². The van der Waals surface area contributed by atoms with Gasteiger partial charge in [-0.15, -0.1) is 0 Å². The fraction of sp³-hybridized carbons (Fsp3) is 0.657. The van der Waals surface area contributed by atoms with E-state index >= 15 is 0 Å². The third-order valence-electron chi connectivity index (χ3n) is 9.85. The van der Waals surface area contributed by atoms with Gasteiger partial charge in [-0.05, 0) is 130 Å². The zero-order valence-electron chi connectivity index (χ0n) is 24.5. The SMILES string of the molecule is CCCc1ccc(C2CCC(OCC3CCC4CC(COc5ccc(OCC)c(F)c5F)CCC4C3)CC2)cc1. The van der Waals surface area contributed by atoms with Crippen molar-refractivity contribution in [3.05, 3.63) is 59.2 Å². The summed E-state index contributed by atoms with van der Waals surface area (Å²) in [6, 6.07) is 12.3. The third-order valence-corrected chi connectivity index (χ3v) is 9.85. The minimum absolute atomic E-state index is 0.0113. The van der Waals surface area contributed by atoms with Crippen molar-refractivity contribution in [2.45, 2.75) is 103 Å². The van der Waals surface area contributed by atoms with Gasteiger partial charge < -0.3 is 14.2 Å². The summed E-state index contributed by atoms with van der Waals surface area (Å²) in [4.78, 5) is 0. The van der Waals surface area contributed by atoms with Crippen LogP contribution in [0.2, 0.25) is 0 Å². The molecule has 3 saturated carbocycles. The number of halogens is 2. The fourth-order valence-electron chi connectivity index (χ4n) is 7.57. The summed E-state index contributed by atoms with van der Waals surface area (Å²) in [6.45, 7) is 5.65. The van der Waals surface area contributed by atoms with E-state index < -0.39 is 11.6 Å². The van der Waals surface area contributed by atoms with Crippen LogP contribution in [0.5, 0.6) is 11.5 Å². The van der Waals surface area contributed by atoms with Crippen molar-refractivity contribution in [2.75, 3.05) is 19.8 Å². The molecule has 3 nitrogen and oxygen atoms in total. The first-order chi connectivity index (χ1) is 19.5. The highest BCUT2D eigenvalue weighted by Gasteiger charge is 2.36. The Morgan fingerprint density at radius 1 is 0.675 bits per heavy atom. The molecule has 0 bridgehead atoms. The van der Waals surface area contributed by atoms with E-state index in [2.05, 4.69) is 31.2 Å². The summed E-state index contributed by atoms with van der Waals surface area (Å²) < 4.78 is 46.0. The lowest BCUT2D eigenvalue weighted by Gasteiger charge is -2.42. The summed E-state index contributed by atoms with van der Waals surface area (Å²) in [5.74, 6) is 1.28. The summed E-state index contributed by atoms with van der Waals surface area (Å²) in [7, 11) is 0. The highest BCUT2D eigenvalue weighted by Crippen LogP contribution is 2.45. The molecule has 40 heavy (non-hydrogen) atoms. The van der Waals surface area contributed by atoms with Crippen LogP contribution in [0.3, 0.4) is 0 Å². The number of fused-ring (bicyclic) bond motifs is 1. The number of rotatable bonds is 11. The van der Waals surface area contributed by atoms with Crippen LogP contribution in [-0.4, -0.2) is 25.9 Å². The van der Waals surface area contributed by atoms with Gasteiger partial charge in [-0.3, -0.25) is 0 Å². The van der Waals surface area contributed by atoms with E-state index in [9.17, 15) is 8.78 Å². The van der Waals surface area contributed by atoms with Crippen molar-refractivity contribution < 1.29 is 23.0 Å². The summed E-state index contributed by atoms with van der Waals surface area (Å²) in [6.07, 6.45) is 14.8. The van der Waals surface area contributed by atoms with E-state index in [0.717, 1.165) is 31.3 Å². The van der Waals surface area contributed by atoms with Crippen LogP contribution in [0.4, 0.5) is 8.78 Å². The van der Waals surface area contributed by atoms with Crippen molar-refractivity contribution in [3.8, 4) is 11.5 Å². The number of hydrogen-bond donors (Lipinski definition) is 0. The van der Waals surface area contributed by atoms with E-state index in [0.29, 0.717) is 37.1 Å². The summed E-state index contributed by atoms with van der Waals surface area (Å²) >= 11 is 0. The second kappa shape index (κ2) is 14.2. The monoisotopic (exact) mass is 554 g/mol. The van der Waals surface area contributed by atoms with Crippen molar-refractivity contribution in [3.63, 3.8) is 0 Å². The Labute approximate surface area is 240 Å². The van der Waals surface area contributed by atoms with Gasteiger partial charge in [0.1, 0.15) is 0 Å². The highest BCUT2D eigenvalue weighted by atomic mass is 19.2. The van der Waals surface area contributed by atoms with E-state index in [1.54, 1.807) is 6.92 Å². The van der Waals surface area contributed by atoms with E-state index in [1.165, 1.54) is 87.5 Å². The van der Waals surface area contributed by atoms with E-state index in [1.807, 2.05) is 0 Å². The van der Waals surface area contributed by atoms with Crippen molar-refractivity contribution in [1.82, 2.24) is 0 Å². The summed E-state index contributed by atoms with van der Waals surface area (Å²) in [5.41, 5.74) is 2.96. The minimum atomic E-state index is -0.964. The normalized spacial score (nSPS) is 28.6. The molecule has 0 radical (unpaired) electrons. The zero-order valence-corrected chi connectivity index (χ0v) is 24.5. The lowest BCUT2D eigenvalue weighted by molar-refractivity contribution is -0.0195. The molecule has 5 rings (SSSR count). The molecule has 220 valence electrons. The van der Waals surface area contributed by atoms with Crippen LogP contribution >= 0.6 is 0 Å². The van der Waals surface area contributed by atoms with Crippen molar-refractivity contribution in [2.24, 2.45) is 23.7 Å². The Bertz CT molecular complexity index is 1060. The Morgan fingerprint density at radius 3 is 1.88 bits per heavy atom. The third kappa shape index (κ3) is 7.38. The number of benzene rings is 2. The average molecular weight is 555 g/mol. The maximum atomic E-state index is 14.4. The predicted molar refractivity (Wildman–Crippen MR) is 156 cm³/mol. The highest BCUT2D eigenvalue weighted by molar-refractivity contribution is 5.35. The van der Waals surface area contributed by atoms with Gasteiger partial charge in [0.15, 0.2) is 11.5 Å². The van der Waals surface area contributed by atoms with Crippen LogP contribution in [-0.2, 0) is 11.2 Å². The Morgan fingerprint density at radius 2 is 1.27 bits per heavy atom. The Kier molecular flexibility index (Phi) is 10.4. The molecule has 4 unspecified atom stereocenters. The Hall–Kier alpha value is -2.14. The Balaban J connectivity index is 1.00. The lowest BCUT2D eigenvalue weighted by Crippen LogP contribution is -2.34. The first kappa shape index (κ1) is 29.4. The zero-order chi connectivity index (χ0) is 27.9. The molecular weight excluding hydrogens is 506 g/mol. The second-order valence-electron chi connectivity index (χ2n) is 12.6. The molecule has 3 fully saturated rings. The molecule has 4 atom stereocenters. The van der Waals surface area contributed by atoms with Gasteiger partial charge in [0.05, 0.1) is 19.3 Å². The van der Waals surface area contributed by atoms with Crippen LogP contribution in [0.1, 0.15) is 102 Å². The molecule has 0 aliphatic heterocycles. The first-order valence-electron chi connectivity index (χ1n) is 16.0. The van der Waals surface area contributed by atoms with Gasteiger partial charge in [0.2, 0.25) is 11.6 Å². The number of aryl methyl sites for hydroxylation is 1. The van der Waals surface area contributed by atoms with Crippen LogP contribution in [0.15, 0.2) is 36.4 Å². The molecule has 0 amide bonds. The molecule has 3 aliphatic carbocycles. The van der Waals surface area contributed by atoms with E-state index in [-0.39, 0.29) is 11.5 Å².